The van der Waals surface area contributed by atoms with Gasteiger partial charge in [0.1, 0.15) is 5.75 Å². The van der Waals surface area contributed by atoms with Crippen molar-refractivity contribution in [3.63, 3.8) is 0 Å². The number of carbonyl (C=O) groups is 1. The SMILES string of the molecule is Cc1cccc(OSc2ccc(NC(=O)NCCCl)cc2)c1. The van der Waals surface area contributed by atoms with E-state index in [-0.39, 0.29) is 6.03 Å². The third-order valence-electron chi connectivity index (χ3n) is 2.72. The summed E-state index contributed by atoms with van der Waals surface area (Å²) in [5, 5.41) is 5.36. The Hall–Kier alpha value is -1.85. The lowest BCUT2D eigenvalue weighted by Crippen LogP contribution is -2.30. The standard InChI is InChI=1S/C16H17ClN2O2S/c1-12-3-2-4-14(11-12)21-22-15-7-5-13(6-8-15)19-16(20)18-10-9-17/h2-8,11H,9-10H2,1H3,(H2,18,19,20). The smallest absolute Gasteiger partial charge is 0.319 e. The average Bonchev–Trinajstić information content (AvgIpc) is 2.52. The van der Waals surface area contributed by atoms with Crippen LogP contribution in [0.2, 0.25) is 0 Å². The summed E-state index contributed by atoms with van der Waals surface area (Å²) >= 11 is 6.78. The molecule has 6 heteroatoms. The van der Waals surface area contributed by atoms with E-state index in [4.69, 9.17) is 15.8 Å². The van der Waals surface area contributed by atoms with Gasteiger partial charge < -0.3 is 14.8 Å². The topological polar surface area (TPSA) is 50.4 Å². The number of aryl methyl sites for hydroxylation is 1. The summed E-state index contributed by atoms with van der Waals surface area (Å²) in [6.45, 7) is 2.46. The Kier molecular flexibility index (Phi) is 6.43. The summed E-state index contributed by atoms with van der Waals surface area (Å²) < 4.78 is 5.65. The maximum atomic E-state index is 11.5. The van der Waals surface area contributed by atoms with Crippen LogP contribution in [-0.2, 0) is 0 Å². The molecular formula is C16H17ClN2O2S. The largest absolute Gasteiger partial charge is 0.421 e. The first-order valence-electron chi connectivity index (χ1n) is 6.79. The van der Waals surface area contributed by atoms with Crippen molar-refractivity contribution in [1.29, 1.82) is 0 Å². The molecule has 0 bridgehead atoms. The summed E-state index contributed by atoms with van der Waals surface area (Å²) in [4.78, 5) is 12.4. The van der Waals surface area contributed by atoms with Gasteiger partial charge in [-0.05, 0) is 48.9 Å². The fourth-order valence-electron chi connectivity index (χ4n) is 1.69. The number of hydrogen-bond donors (Lipinski definition) is 2. The second-order valence-corrected chi connectivity index (χ2v) is 5.76. The van der Waals surface area contributed by atoms with Crippen LogP contribution >= 0.6 is 23.6 Å². The highest BCUT2D eigenvalue weighted by molar-refractivity contribution is 7.95. The Morgan fingerprint density at radius 2 is 2.00 bits per heavy atom. The monoisotopic (exact) mass is 336 g/mol. The first-order valence-corrected chi connectivity index (χ1v) is 8.07. The second kappa shape index (κ2) is 8.56. The molecule has 0 aromatic heterocycles. The molecule has 2 N–H and O–H groups in total. The molecule has 0 unspecified atom stereocenters. The molecule has 2 amide bonds. The number of alkyl halides is 1. The molecule has 2 aromatic rings. The third kappa shape index (κ3) is 5.50. The number of carbonyl (C=O) groups excluding carboxylic acids is 1. The van der Waals surface area contributed by atoms with E-state index >= 15 is 0 Å². The fourth-order valence-corrected chi connectivity index (χ4v) is 2.33. The molecule has 2 aromatic carbocycles. The summed E-state index contributed by atoms with van der Waals surface area (Å²) in [6, 6.07) is 15.0. The minimum atomic E-state index is -0.267. The van der Waals surface area contributed by atoms with E-state index in [1.807, 2.05) is 55.5 Å². The molecule has 22 heavy (non-hydrogen) atoms. The molecule has 0 saturated heterocycles. The molecule has 0 aliphatic rings. The number of benzene rings is 2. The Morgan fingerprint density at radius 3 is 2.68 bits per heavy atom. The summed E-state index contributed by atoms with van der Waals surface area (Å²) in [7, 11) is 0. The van der Waals surface area contributed by atoms with Gasteiger partial charge in [-0.3, -0.25) is 0 Å². The number of urea groups is 1. The van der Waals surface area contributed by atoms with E-state index in [1.54, 1.807) is 0 Å². The van der Waals surface area contributed by atoms with Crippen molar-refractivity contribution in [2.24, 2.45) is 0 Å². The quantitative estimate of drug-likeness (QED) is 0.605. The minimum Gasteiger partial charge on any atom is -0.421 e. The van der Waals surface area contributed by atoms with Crippen LogP contribution in [0.25, 0.3) is 0 Å². The van der Waals surface area contributed by atoms with Gasteiger partial charge in [0.25, 0.3) is 0 Å². The van der Waals surface area contributed by atoms with Gasteiger partial charge in [-0.25, -0.2) is 4.79 Å². The van der Waals surface area contributed by atoms with Gasteiger partial charge >= 0.3 is 6.03 Å². The average molecular weight is 337 g/mol. The van der Waals surface area contributed by atoms with E-state index < -0.39 is 0 Å². The van der Waals surface area contributed by atoms with Crippen LogP contribution in [0.3, 0.4) is 0 Å². The third-order valence-corrected chi connectivity index (χ3v) is 3.65. The maximum absolute atomic E-state index is 11.5. The molecule has 0 fully saturated rings. The van der Waals surface area contributed by atoms with Crippen molar-refractivity contribution >= 4 is 35.4 Å². The Morgan fingerprint density at radius 1 is 1.23 bits per heavy atom. The van der Waals surface area contributed by atoms with E-state index in [1.165, 1.54) is 12.0 Å². The van der Waals surface area contributed by atoms with Gasteiger partial charge in [0, 0.05) is 23.0 Å². The van der Waals surface area contributed by atoms with Gasteiger partial charge in [0.15, 0.2) is 0 Å². The molecule has 0 heterocycles. The lowest BCUT2D eigenvalue weighted by atomic mass is 10.2. The van der Waals surface area contributed by atoms with Crippen molar-refractivity contribution in [1.82, 2.24) is 5.32 Å². The van der Waals surface area contributed by atoms with Gasteiger partial charge in [-0.1, -0.05) is 12.1 Å². The number of anilines is 1. The first kappa shape index (κ1) is 16.5. The predicted molar refractivity (Wildman–Crippen MR) is 91.8 cm³/mol. The molecule has 0 spiro atoms. The molecule has 0 atom stereocenters. The van der Waals surface area contributed by atoms with Crippen LogP contribution in [0.1, 0.15) is 5.56 Å². The summed E-state index contributed by atoms with van der Waals surface area (Å²) in [6.07, 6.45) is 0. The lowest BCUT2D eigenvalue weighted by Gasteiger charge is -2.08. The van der Waals surface area contributed by atoms with E-state index in [2.05, 4.69) is 10.6 Å². The maximum Gasteiger partial charge on any atom is 0.319 e. The van der Waals surface area contributed by atoms with Crippen LogP contribution in [0.5, 0.6) is 5.75 Å². The van der Waals surface area contributed by atoms with E-state index in [0.717, 1.165) is 16.2 Å². The zero-order chi connectivity index (χ0) is 15.8. The predicted octanol–water partition coefficient (Wildman–Crippen LogP) is 4.44. The lowest BCUT2D eigenvalue weighted by molar-refractivity contribution is 0.252. The fraction of sp³-hybridized carbons (Fsp3) is 0.188. The highest BCUT2D eigenvalue weighted by Gasteiger charge is 2.02. The molecule has 2 rings (SSSR count). The van der Waals surface area contributed by atoms with Gasteiger partial charge in [0.05, 0.1) is 12.0 Å². The van der Waals surface area contributed by atoms with E-state index in [0.29, 0.717) is 18.1 Å². The zero-order valence-electron chi connectivity index (χ0n) is 12.1. The highest BCUT2D eigenvalue weighted by atomic mass is 35.5. The first-order chi connectivity index (χ1) is 10.7. The normalized spacial score (nSPS) is 10.1. The minimum absolute atomic E-state index is 0.267. The number of hydrogen-bond acceptors (Lipinski definition) is 3. The van der Waals surface area contributed by atoms with Crippen LogP contribution in [-0.4, -0.2) is 18.5 Å². The Balaban J connectivity index is 1.85. The molecule has 4 nitrogen and oxygen atoms in total. The number of rotatable bonds is 6. The molecule has 0 saturated carbocycles. The summed E-state index contributed by atoms with van der Waals surface area (Å²) in [5.41, 5.74) is 1.87. The number of halogens is 1. The van der Waals surface area contributed by atoms with Crippen LogP contribution < -0.4 is 14.8 Å². The Bertz CT molecular complexity index is 620. The molecule has 0 radical (unpaired) electrons. The van der Waals surface area contributed by atoms with Crippen molar-refractivity contribution in [3.05, 3.63) is 54.1 Å². The van der Waals surface area contributed by atoms with Gasteiger partial charge in [-0.2, -0.15) is 0 Å². The summed E-state index contributed by atoms with van der Waals surface area (Å²) in [5.74, 6) is 1.20. The van der Waals surface area contributed by atoms with Crippen molar-refractivity contribution < 1.29 is 8.98 Å². The van der Waals surface area contributed by atoms with Crippen molar-refractivity contribution in [2.45, 2.75) is 11.8 Å². The van der Waals surface area contributed by atoms with Gasteiger partial charge in [-0.15, -0.1) is 11.6 Å². The molecule has 0 aliphatic carbocycles. The van der Waals surface area contributed by atoms with E-state index in [9.17, 15) is 4.79 Å². The highest BCUT2D eigenvalue weighted by Crippen LogP contribution is 2.25. The molecular weight excluding hydrogens is 320 g/mol. The second-order valence-electron chi connectivity index (χ2n) is 4.58. The van der Waals surface area contributed by atoms with Crippen LogP contribution in [0, 0.1) is 6.92 Å². The van der Waals surface area contributed by atoms with Crippen LogP contribution in [0.15, 0.2) is 53.4 Å². The zero-order valence-corrected chi connectivity index (χ0v) is 13.7. The van der Waals surface area contributed by atoms with Gasteiger partial charge in [0.2, 0.25) is 0 Å². The van der Waals surface area contributed by atoms with Crippen molar-refractivity contribution in [2.75, 3.05) is 17.7 Å². The van der Waals surface area contributed by atoms with Crippen molar-refractivity contribution in [3.8, 4) is 5.75 Å². The number of nitrogens with one attached hydrogen (secondary N) is 2. The number of amides is 2. The Labute approximate surface area is 139 Å². The molecule has 116 valence electrons. The molecule has 0 aliphatic heterocycles. The van der Waals surface area contributed by atoms with Crippen LogP contribution in [0.4, 0.5) is 10.5 Å².